The van der Waals surface area contributed by atoms with Gasteiger partial charge in [0.05, 0.1) is 0 Å². The monoisotopic (exact) mass is 136 g/mol. The van der Waals surface area contributed by atoms with Crippen molar-refractivity contribution in [2.45, 2.75) is 27.7 Å². The zero-order valence-corrected chi connectivity index (χ0v) is 7.36. The lowest BCUT2D eigenvalue weighted by atomic mass is 9.87. The van der Waals surface area contributed by atoms with Crippen molar-refractivity contribution in [2.24, 2.45) is 5.41 Å². The van der Waals surface area contributed by atoms with Gasteiger partial charge in [0.15, 0.2) is 0 Å². The Bertz CT molecular complexity index is 171. The van der Waals surface area contributed by atoms with E-state index in [9.17, 15) is 0 Å². The molecule has 0 amide bonds. The Morgan fingerprint density at radius 2 is 1.90 bits per heavy atom. The second-order valence-electron chi connectivity index (χ2n) is 3.47. The summed E-state index contributed by atoms with van der Waals surface area (Å²) >= 11 is 0. The van der Waals surface area contributed by atoms with Crippen LogP contribution in [0.1, 0.15) is 27.7 Å². The van der Waals surface area contributed by atoms with Gasteiger partial charge in [-0.05, 0) is 18.4 Å². The summed E-state index contributed by atoms with van der Waals surface area (Å²) in [5.41, 5.74) is 4.34. The quantitative estimate of drug-likeness (QED) is 0.383. The SMILES string of the molecule is C=C=CC=C(C)C(C)(C)C. The Labute approximate surface area is 64.0 Å². The van der Waals surface area contributed by atoms with Crippen molar-refractivity contribution in [1.82, 2.24) is 0 Å². The van der Waals surface area contributed by atoms with Gasteiger partial charge in [0.2, 0.25) is 0 Å². The third-order valence-electron chi connectivity index (χ3n) is 1.63. The number of allylic oxidation sites excluding steroid dienone is 3. The van der Waals surface area contributed by atoms with Gasteiger partial charge >= 0.3 is 0 Å². The Balaban J connectivity index is 4.34. The van der Waals surface area contributed by atoms with Crippen LogP contribution in [0.25, 0.3) is 0 Å². The highest BCUT2D eigenvalue weighted by Gasteiger charge is 2.10. The minimum absolute atomic E-state index is 0.271. The van der Waals surface area contributed by atoms with Crippen molar-refractivity contribution in [3.8, 4) is 0 Å². The van der Waals surface area contributed by atoms with Crippen LogP contribution in [0.15, 0.2) is 30.0 Å². The molecule has 0 radical (unpaired) electrons. The molecule has 0 saturated heterocycles. The molecule has 0 aliphatic rings. The van der Waals surface area contributed by atoms with E-state index >= 15 is 0 Å². The summed E-state index contributed by atoms with van der Waals surface area (Å²) in [6, 6.07) is 0. The lowest BCUT2D eigenvalue weighted by Gasteiger charge is -2.18. The average Bonchev–Trinajstić information content (AvgIpc) is 1.80. The summed E-state index contributed by atoms with van der Waals surface area (Å²) in [7, 11) is 0. The molecule has 0 aromatic heterocycles. The number of rotatable bonds is 1. The Morgan fingerprint density at radius 1 is 1.40 bits per heavy atom. The molecular weight excluding hydrogens is 120 g/mol. The summed E-state index contributed by atoms with van der Waals surface area (Å²) in [5, 5.41) is 0. The fraction of sp³-hybridized carbons (Fsp3) is 0.500. The largest absolute Gasteiger partial charge is 0.129 e. The smallest absolute Gasteiger partial charge is 0.0172 e. The molecule has 0 atom stereocenters. The highest BCUT2D eigenvalue weighted by molar-refractivity contribution is 5.14. The topological polar surface area (TPSA) is 0 Å². The van der Waals surface area contributed by atoms with Crippen LogP contribution in [0, 0.1) is 5.41 Å². The first-order valence-electron chi connectivity index (χ1n) is 3.51. The van der Waals surface area contributed by atoms with Gasteiger partial charge in [-0.3, -0.25) is 0 Å². The Hall–Kier alpha value is -0.740. The van der Waals surface area contributed by atoms with E-state index in [1.54, 1.807) is 0 Å². The summed E-state index contributed by atoms with van der Waals surface area (Å²) in [6.07, 6.45) is 3.90. The molecule has 0 fully saturated rings. The molecule has 0 spiro atoms. The molecule has 0 heterocycles. The van der Waals surface area contributed by atoms with E-state index in [2.05, 4.69) is 40.0 Å². The first-order chi connectivity index (χ1) is 4.48. The van der Waals surface area contributed by atoms with Crippen molar-refractivity contribution >= 4 is 0 Å². The molecule has 0 bridgehead atoms. The average molecular weight is 136 g/mol. The summed E-state index contributed by atoms with van der Waals surface area (Å²) in [6.45, 7) is 12.2. The van der Waals surface area contributed by atoms with E-state index < -0.39 is 0 Å². The van der Waals surface area contributed by atoms with Crippen molar-refractivity contribution in [3.05, 3.63) is 30.0 Å². The normalized spacial score (nSPS) is 12.6. The van der Waals surface area contributed by atoms with Crippen molar-refractivity contribution in [2.75, 3.05) is 0 Å². The minimum atomic E-state index is 0.271. The third kappa shape index (κ3) is 3.32. The Morgan fingerprint density at radius 3 is 2.20 bits per heavy atom. The van der Waals surface area contributed by atoms with E-state index in [-0.39, 0.29) is 5.41 Å². The van der Waals surface area contributed by atoms with Gasteiger partial charge < -0.3 is 0 Å². The zero-order chi connectivity index (χ0) is 8.20. The fourth-order valence-electron chi connectivity index (χ4n) is 0.434. The molecule has 0 aromatic rings. The molecule has 0 nitrogen and oxygen atoms in total. The highest BCUT2D eigenvalue weighted by Crippen LogP contribution is 2.23. The maximum absolute atomic E-state index is 3.49. The molecule has 56 valence electrons. The molecule has 0 aliphatic carbocycles. The van der Waals surface area contributed by atoms with E-state index in [0.29, 0.717) is 0 Å². The van der Waals surface area contributed by atoms with Crippen LogP contribution >= 0.6 is 0 Å². The molecule has 0 unspecified atom stereocenters. The van der Waals surface area contributed by atoms with Gasteiger partial charge in [0, 0.05) is 0 Å². The second-order valence-corrected chi connectivity index (χ2v) is 3.47. The first-order valence-corrected chi connectivity index (χ1v) is 3.51. The lowest BCUT2D eigenvalue weighted by molar-refractivity contribution is 0.504. The molecule has 0 aromatic carbocycles. The summed E-state index contributed by atoms with van der Waals surface area (Å²) in [4.78, 5) is 0. The maximum Gasteiger partial charge on any atom is -0.0172 e. The van der Waals surface area contributed by atoms with Crippen LogP contribution in [0.2, 0.25) is 0 Å². The Kier molecular flexibility index (Phi) is 3.18. The van der Waals surface area contributed by atoms with Crippen LogP contribution < -0.4 is 0 Å². The third-order valence-corrected chi connectivity index (χ3v) is 1.63. The van der Waals surface area contributed by atoms with Crippen LogP contribution in [0.5, 0.6) is 0 Å². The van der Waals surface area contributed by atoms with Gasteiger partial charge in [-0.2, -0.15) is 0 Å². The molecule has 0 saturated carbocycles. The molecule has 0 N–H and O–H groups in total. The van der Waals surface area contributed by atoms with Crippen molar-refractivity contribution in [3.63, 3.8) is 0 Å². The predicted molar refractivity (Wildman–Crippen MR) is 46.9 cm³/mol. The molecule has 0 heteroatoms. The molecular formula is C10H16. The molecule has 0 rings (SSSR count). The van der Waals surface area contributed by atoms with Gasteiger partial charge in [-0.15, -0.1) is 5.73 Å². The minimum Gasteiger partial charge on any atom is -0.129 e. The van der Waals surface area contributed by atoms with Gasteiger partial charge in [0.25, 0.3) is 0 Å². The van der Waals surface area contributed by atoms with Crippen LogP contribution in [0.4, 0.5) is 0 Å². The van der Waals surface area contributed by atoms with E-state index in [1.807, 2.05) is 12.2 Å². The van der Waals surface area contributed by atoms with Crippen LogP contribution in [-0.2, 0) is 0 Å². The van der Waals surface area contributed by atoms with E-state index in [1.165, 1.54) is 5.57 Å². The standard InChI is InChI=1S/C10H16/c1-6-7-8-9(2)10(3,4)5/h7-8H,1H2,2-5H3. The van der Waals surface area contributed by atoms with Crippen LogP contribution in [0.3, 0.4) is 0 Å². The lowest BCUT2D eigenvalue weighted by Crippen LogP contribution is -2.05. The van der Waals surface area contributed by atoms with E-state index in [0.717, 1.165) is 0 Å². The molecule has 0 aliphatic heterocycles. The number of hydrogen-bond donors (Lipinski definition) is 0. The van der Waals surface area contributed by atoms with Gasteiger partial charge in [0.1, 0.15) is 0 Å². The fourth-order valence-corrected chi connectivity index (χ4v) is 0.434. The predicted octanol–water partition coefficient (Wildman–Crippen LogP) is 3.32. The van der Waals surface area contributed by atoms with E-state index in [4.69, 9.17) is 0 Å². The summed E-state index contributed by atoms with van der Waals surface area (Å²) in [5.74, 6) is 0. The molecule has 10 heavy (non-hydrogen) atoms. The highest BCUT2D eigenvalue weighted by atomic mass is 14.2. The number of hydrogen-bond acceptors (Lipinski definition) is 0. The summed E-state index contributed by atoms with van der Waals surface area (Å²) < 4.78 is 0. The van der Waals surface area contributed by atoms with Crippen LogP contribution in [-0.4, -0.2) is 0 Å². The zero-order valence-electron chi connectivity index (χ0n) is 7.36. The van der Waals surface area contributed by atoms with Gasteiger partial charge in [-0.1, -0.05) is 39.0 Å². The van der Waals surface area contributed by atoms with Gasteiger partial charge in [-0.25, -0.2) is 0 Å². The van der Waals surface area contributed by atoms with Crippen molar-refractivity contribution < 1.29 is 0 Å². The maximum atomic E-state index is 3.49. The second kappa shape index (κ2) is 3.43. The van der Waals surface area contributed by atoms with Crippen molar-refractivity contribution in [1.29, 1.82) is 0 Å². The first kappa shape index (κ1) is 9.26.